The van der Waals surface area contributed by atoms with Crippen molar-refractivity contribution >= 4 is 84.6 Å². The average Bonchev–Trinajstić information content (AvgIpc) is 3.37. The Morgan fingerprint density at radius 1 is 0.740 bits per heavy atom. The van der Waals surface area contributed by atoms with Gasteiger partial charge in [-0.25, -0.2) is 9.59 Å². The van der Waals surface area contributed by atoms with E-state index in [4.69, 9.17) is 32.7 Å². The normalized spacial score (nSPS) is 23.6. The van der Waals surface area contributed by atoms with Gasteiger partial charge < -0.3 is 9.47 Å². The molecule has 3 atom stereocenters. The van der Waals surface area contributed by atoms with Crippen LogP contribution >= 0.6 is 55.1 Å². The summed E-state index contributed by atoms with van der Waals surface area (Å²) in [6.45, 7) is 2.82. The van der Waals surface area contributed by atoms with Crippen molar-refractivity contribution in [3.05, 3.63) is 134 Å². The second-order valence-corrected chi connectivity index (χ2v) is 16.1. The number of nitrogens with zero attached hydrogens (tertiary/aromatic N) is 1. The minimum atomic E-state index is -1.27. The van der Waals surface area contributed by atoms with E-state index in [9.17, 15) is 24.0 Å². The largest absolute Gasteiger partial charge is 0.456 e. The first kappa shape index (κ1) is 34.6. The fourth-order valence-corrected chi connectivity index (χ4v) is 10.0. The minimum Gasteiger partial charge on any atom is -0.456 e. The molecule has 0 N–H and O–H groups in total. The van der Waals surface area contributed by atoms with Crippen molar-refractivity contribution in [2.24, 2.45) is 17.8 Å². The van der Waals surface area contributed by atoms with E-state index in [0.717, 1.165) is 27.2 Å². The van der Waals surface area contributed by atoms with Gasteiger partial charge in [0.1, 0.15) is 11.8 Å². The Morgan fingerprint density at radius 3 is 1.68 bits per heavy atom. The van der Waals surface area contributed by atoms with Crippen LogP contribution in [0.3, 0.4) is 0 Å². The number of ketones is 1. The summed E-state index contributed by atoms with van der Waals surface area (Å²) in [6, 6.07) is 24.2. The molecule has 4 aliphatic rings. The molecule has 1 aliphatic heterocycles. The third-order valence-electron chi connectivity index (χ3n) is 9.66. The molecule has 2 amide bonds. The zero-order valence-electron chi connectivity index (χ0n) is 26.5. The number of likely N-dealkylation sites (tertiary alicyclic amines) is 1. The molecule has 8 rings (SSSR count). The Labute approximate surface area is 314 Å². The highest BCUT2D eigenvalue weighted by Gasteiger charge is 2.73. The Hall–Kier alpha value is -3.83. The highest BCUT2D eigenvalue weighted by Crippen LogP contribution is 2.70. The topological polar surface area (TPSA) is 107 Å². The van der Waals surface area contributed by atoms with Crippen molar-refractivity contribution in [2.75, 3.05) is 6.61 Å². The number of Topliss-reactive ketones (excluding diaryl/α,β-unsaturated/α-hetero) is 1. The maximum absolute atomic E-state index is 14.5. The predicted octanol–water partition coefficient (Wildman–Crippen LogP) is 7.87. The maximum Gasteiger partial charge on any atom is 0.343 e. The quantitative estimate of drug-likeness (QED) is 0.0585. The van der Waals surface area contributed by atoms with Gasteiger partial charge in [0, 0.05) is 5.56 Å². The summed E-state index contributed by atoms with van der Waals surface area (Å²) in [5.41, 5.74) is 3.91. The van der Waals surface area contributed by atoms with Crippen molar-refractivity contribution in [3.63, 3.8) is 0 Å². The Kier molecular flexibility index (Phi) is 8.82. The number of halogens is 4. The average molecular weight is 840 g/mol. The number of carbonyl (C=O) groups is 5. The maximum atomic E-state index is 14.5. The molecule has 12 heteroatoms. The van der Waals surface area contributed by atoms with Gasteiger partial charge in [-0.1, -0.05) is 117 Å². The molecular weight excluding hydrogens is 813 g/mol. The van der Waals surface area contributed by atoms with E-state index in [1.54, 1.807) is 13.8 Å². The second kappa shape index (κ2) is 12.7. The number of ether oxygens (including phenoxy) is 2. The SMILES string of the molecule is CC(C)[C@@H](C(=O)OCC(=O)c1ccc(OC(=O)c2ccc(Cl)c(Cl)c2)cc1)N1C(=O)C2C(C1=O)C1(Br)c3ccccc3C2(Br)c2ccccc21. The number of alkyl halides is 2. The van der Waals surface area contributed by atoms with Crippen LogP contribution in [0.25, 0.3) is 0 Å². The van der Waals surface area contributed by atoms with E-state index in [1.165, 1.54) is 42.5 Å². The van der Waals surface area contributed by atoms with Gasteiger partial charge in [-0.15, -0.1) is 0 Å². The van der Waals surface area contributed by atoms with Crippen LogP contribution in [0.2, 0.25) is 10.0 Å². The number of rotatable bonds is 8. The summed E-state index contributed by atoms with van der Waals surface area (Å²) < 4.78 is 8.84. The van der Waals surface area contributed by atoms with Crippen LogP contribution in [0.15, 0.2) is 91.0 Å². The summed E-state index contributed by atoms with van der Waals surface area (Å²) in [4.78, 5) is 69.3. The van der Waals surface area contributed by atoms with Gasteiger partial charge in [-0.3, -0.25) is 19.3 Å². The van der Waals surface area contributed by atoms with E-state index in [1.807, 2.05) is 48.5 Å². The first-order valence-corrected chi connectivity index (χ1v) is 18.1. The molecule has 0 radical (unpaired) electrons. The number of carbonyl (C=O) groups excluding carboxylic acids is 5. The molecular formula is C38H27Br2Cl2NO7. The van der Waals surface area contributed by atoms with Crippen LogP contribution in [0.1, 0.15) is 56.8 Å². The number of benzene rings is 4. The lowest BCUT2D eigenvalue weighted by molar-refractivity contribution is -0.160. The fraction of sp³-hybridized carbons (Fsp3) is 0.237. The molecule has 0 aromatic heterocycles. The van der Waals surface area contributed by atoms with Gasteiger partial charge in [0.05, 0.1) is 36.1 Å². The Bertz CT molecular complexity index is 2000. The van der Waals surface area contributed by atoms with Crippen LogP contribution < -0.4 is 4.74 Å². The molecule has 1 saturated heterocycles. The zero-order chi connectivity index (χ0) is 35.7. The first-order valence-electron chi connectivity index (χ1n) is 15.7. The number of esters is 2. The van der Waals surface area contributed by atoms with Crippen LogP contribution in [0.4, 0.5) is 0 Å². The van der Waals surface area contributed by atoms with Gasteiger partial charge in [0.25, 0.3) is 0 Å². The molecule has 1 fully saturated rings. The van der Waals surface area contributed by atoms with E-state index < -0.39 is 68.6 Å². The summed E-state index contributed by atoms with van der Waals surface area (Å²) >= 11 is 19.8. The molecule has 2 bridgehead atoms. The predicted molar refractivity (Wildman–Crippen MR) is 193 cm³/mol. The summed E-state index contributed by atoms with van der Waals surface area (Å²) in [5.74, 6) is -5.08. The Morgan fingerprint density at radius 2 is 1.22 bits per heavy atom. The molecule has 0 spiro atoms. The number of imide groups is 1. The van der Waals surface area contributed by atoms with Crippen molar-refractivity contribution in [1.29, 1.82) is 0 Å². The molecule has 2 unspecified atom stereocenters. The lowest BCUT2D eigenvalue weighted by atomic mass is 9.54. The van der Waals surface area contributed by atoms with Crippen LogP contribution in [0.5, 0.6) is 5.75 Å². The molecule has 1 heterocycles. The van der Waals surface area contributed by atoms with Gasteiger partial charge in [-0.05, 0) is 70.6 Å². The number of amides is 2. The van der Waals surface area contributed by atoms with Gasteiger partial charge in [0.15, 0.2) is 12.4 Å². The van der Waals surface area contributed by atoms with Gasteiger partial charge >= 0.3 is 11.9 Å². The van der Waals surface area contributed by atoms with Crippen LogP contribution in [-0.4, -0.2) is 47.1 Å². The third-order valence-corrected chi connectivity index (χ3v) is 13.1. The summed E-state index contributed by atoms with van der Waals surface area (Å²) in [5, 5.41) is 0.502. The minimum absolute atomic E-state index is 0.175. The van der Waals surface area contributed by atoms with Crippen molar-refractivity contribution in [1.82, 2.24) is 4.90 Å². The van der Waals surface area contributed by atoms with E-state index in [0.29, 0.717) is 5.02 Å². The molecule has 50 heavy (non-hydrogen) atoms. The third kappa shape index (κ3) is 5.17. The van der Waals surface area contributed by atoms with Gasteiger partial charge in [0.2, 0.25) is 11.8 Å². The second-order valence-electron chi connectivity index (χ2n) is 12.8. The highest BCUT2D eigenvalue weighted by molar-refractivity contribution is 9.10. The number of hydrogen-bond acceptors (Lipinski definition) is 7. The van der Waals surface area contributed by atoms with E-state index in [2.05, 4.69) is 31.9 Å². The molecule has 3 aliphatic carbocycles. The summed E-state index contributed by atoms with van der Waals surface area (Å²) in [6.07, 6.45) is 0. The van der Waals surface area contributed by atoms with E-state index in [-0.39, 0.29) is 21.9 Å². The molecule has 8 nitrogen and oxygen atoms in total. The van der Waals surface area contributed by atoms with E-state index >= 15 is 0 Å². The van der Waals surface area contributed by atoms with Crippen molar-refractivity contribution in [2.45, 2.75) is 28.5 Å². The zero-order valence-corrected chi connectivity index (χ0v) is 31.2. The number of hydrogen-bond donors (Lipinski definition) is 0. The fourth-order valence-electron chi connectivity index (χ4n) is 7.44. The van der Waals surface area contributed by atoms with Gasteiger partial charge in [-0.2, -0.15) is 0 Å². The standard InChI is InChI=1S/C38H27Br2Cl2NO7/c1-19(2)32(36(48)49-18-29(44)20-11-14-22(15-12-20)50-35(47)21-13-16-27(41)28(42)17-21)43-33(45)30-31(34(43)46)38(40)24-8-4-3-7-23(24)37(30,39)25-9-5-6-10-26(25)38/h3-17,19,30-32H,18H2,1-2H3/t30?,31?,32-,37?,38?/m0/s1. The molecule has 254 valence electrons. The monoisotopic (exact) mass is 837 g/mol. The van der Waals surface area contributed by atoms with Crippen molar-refractivity contribution < 1.29 is 33.4 Å². The smallest absolute Gasteiger partial charge is 0.343 e. The molecule has 4 aromatic carbocycles. The van der Waals surface area contributed by atoms with Crippen LogP contribution in [0, 0.1) is 17.8 Å². The lowest BCUT2D eigenvalue weighted by Crippen LogP contribution is -2.56. The molecule has 4 aromatic rings. The first-order chi connectivity index (χ1) is 23.8. The van der Waals surface area contributed by atoms with Crippen molar-refractivity contribution in [3.8, 4) is 5.75 Å². The highest BCUT2D eigenvalue weighted by atomic mass is 79.9. The Balaban J connectivity index is 1.09. The summed E-state index contributed by atoms with van der Waals surface area (Å²) in [7, 11) is 0. The molecule has 0 saturated carbocycles. The van der Waals surface area contributed by atoms with Crippen LogP contribution in [-0.2, 0) is 27.8 Å². The lowest BCUT2D eigenvalue weighted by Gasteiger charge is -2.55.